The van der Waals surface area contributed by atoms with E-state index in [4.69, 9.17) is 0 Å². The van der Waals surface area contributed by atoms with E-state index in [1.54, 1.807) is 12.3 Å². The number of alkyl halides is 3. The van der Waals surface area contributed by atoms with E-state index in [2.05, 4.69) is 4.74 Å². The van der Waals surface area contributed by atoms with E-state index in [0.717, 1.165) is 11.8 Å². The standard InChI is InChI=1S/C9H9F3OS/c1-13-6-4-3-5-7(14-2)8(6)9(10,11)12/h3-5H,1-2H3. The topological polar surface area (TPSA) is 9.23 Å². The van der Waals surface area contributed by atoms with Gasteiger partial charge in [0.15, 0.2) is 0 Å². The zero-order valence-electron chi connectivity index (χ0n) is 7.68. The maximum absolute atomic E-state index is 12.6. The summed E-state index contributed by atoms with van der Waals surface area (Å²) in [5.41, 5.74) is -0.699. The summed E-state index contributed by atoms with van der Waals surface area (Å²) in [7, 11) is 1.23. The van der Waals surface area contributed by atoms with Gasteiger partial charge in [-0.3, -0.25) is 0 Å². The molecule has 0 aromatic heterocycles. The van der Waals surface area contributed by atoms with Gasteiger partial charge in [-0.25, -0.2) is 0 Å². The molecule has 0 saturated carbocycles. The van der Waals surface area contributed by atoms with Crippen LogP contribution in [0.4, 0.5) is 13.2 Å². The van der Waals surface area contributed by atoms with Gasteiger partial charge in [0.1, 0.15) is 11.3 Å². The van der Waals surface area contributed by atoms with Crippen LogP contribution < -0.4 is 4.74 Å². The molecule has 0 aliphatic rings. The first-order valence-corrected chi connectivity index (χ1v) is 5.01. The Morgan fingerprint density at radius 3 is 2.36 bits per heavy atom. The van der Waals surface area contributed by atoms with Crippen molar-refractivity contribution in [2.24, 2.45) is 0 Å². The summed E-state index contributed by atoms with van der Waals surface area (Å²) in [5, 5.41) is 0. The molecule has 0 N–H and O–H groups in total. The molecule has 5 heteroatoms. The van der Waals surface area contributed by atoms with Crippen molar-refractivity contribution in [2.75, 3.05) is 13.4 Å². The lowest BCUT2D eigenvalue weighted by Gasteiger charge is -2.14. The number of benzene rings is 1. The zero-order valence-corrected chi connectivity index (χ0v) is 8.50. The molecule has 0 fully saturated rings. The first kappa shape index (κ1) is 11.2. The van der Waals surface area contributed by atoms with Crippen LogP contribution in [0, 0.1) is 0 Å². The second-order valence-corrected chi connectivity index (χ2v) is 3.38. The molecule has 1 aromatic rings. The van der Waals surface area contributed by atoms with Gasteiger partial charge in [0.25, 0.3) is 0 Å². The molecule has 0 radical (unpaired) electrons. The number of rotatable bonds is 2. The summed E-state index contributed by atoms with van der Waals surface area (Å²) in [6.07, 6.45) is -2.77. The molecule has 0 amide bonds. The Bertz CT molecular complexity index is 300. The van der Waals surface area contributed by atoms with Gasteiger partial charge in [-0.1, -0.05) is 6.07 Å². The van der Waals surface area contributed by atoms with E-state index in [1.807, 2.05) is 0 Å². The summed E-state index contributed by atoms with van der Waals surface area (Å²) in [5.74, 6) is -0.135. The Morgan fingerprint density at radius 2 is 1.93 bits per heavy atom. The van der Waals surface area contributed by atoms with Crippen LogP contribution >= 0.6 is 11.8 Å². The van der Waals surface area contributed by atoms with Gasteiger partial charge in [0.05, 0.1) is 7.11 Å². The van der Waals surface area contributed by atoms with Crippen molar-refractivity contribution >= 4 is 11.8 Å². The van der Waals surface area contributed by atoms with Gasteiger partial charge in [0.2, 0.25) is 0 Å². The van der Waals surface area contributed by atoms with Gasteiger partial charge in [-0.2, -0.15) is 13.2 Å². The quantitative estimate of drug-likeness (QED) is 0.709. The molecule has 1 nitrogen and oxygen atoms in total. The number of halogens is 3. The molecule has 0 spiro atoms. The van der Waals surface area contributed by atoms with E-state index < -0.39 is 11.7 Å². The third kappa shape index (κ3) is 2.15. The molecule has 0 aliphatic heterocycles. The third-order valence-electron chi connectivity index (χ3n) is 1.71. The Hall–Kier alpha value is -0.840. The van der Waals surface area contributed by atoms with Crippen LogP contribution in [0.15, 0.2) is 23.1 Å². The predicted molar refractivity (Wildman–Crippen MR) is 49.8 cm³/mol. The Labute approximate surface area is 84.3 Å². The van der Waals surface area contributed by atoms with Crippen molar-refractivity contribution in [2.45, 2.75) is 11.1 Å². The molecule has 0 heterocycles. The van der Waals surface area contributed by atoms with Crippen molar-refractivity contribution in [1.82, 2.24) is 0 Å². The monoisotopic (exact) mass is 222 g/mol. The summed E-state index contributed by atoms with van der Waals surface area (Å²) in [6.45, 7) is 0. The predicted octanol–water partition coefficient (Wildman–Crippen LogP) is 3.44. The van der Waals surface area contributed by atoms with E-state index in [0.29, 0.717) is 0 Å². The number of hydrogen-bond acceptors (Lipinski definition) is 2. The van der Waals surface area contributed by atoms with Gasteiger partial charge in [-0.15, -0.1) is 11.8 Å². The van der Waals surface area contributed by atoms with E-state index >= 15 is 0 Å². The first-order valence-electron chi connectivity index (χ1n) is 3.79. The fraction of sp³-hybridized carbons (Fsp3) is 0.333. The number of ether oxygens (including phenoxy) is 1. The molecule has 14 heavy (non-hydrogen) atoms. The van der Waals surface area contributed by atoms with Crippen LogP contribution in [-0.4, -0.2) is 13.4 Å². The van der Waals surface area contributed by atoms with Crippen LogP contribution in [0.1, 0.15) is 5.56 Å². The molecular formula is C9H9F3OS. The molecule has 0 saturated heterocycles. The third-order valence-corrected chi connectivity index (χ3v) is 2.49. The molecule has 0 aliphatic carbocycles. The van der Waals surface area contributed by atoms with Gasteiger partial charge in [-0.05, 0) is 18.4 Å². The molecule has 0 atom stereocenters. The zero-order chi connectivity index (χ0) is 10.8. The minimum absolute atomic E-state index is 0.135. The van der Waals surface area contributed by atoms with Crippen LogP contribution in [0.3, 0.4) is 0 Å². The van der Waals surface area contributed by atoms with Crippen LogP contribution in [0.25, 0.3) is 0 Å². The van der Waals surface area contributed by atoms with Crippen molar-refractivity contribution in [3.63, 3.8) is 0 Å². The highest BCUT2D eigenvalue weighted by Crippen LogP contribution is 2.41. The maximum Gasteiger partial charge on any atom is 0.421 e. The van der Waals surface area contributed by atoms with Crippen molar-refractivity contribution < 1.29 is 17.9 Å². The van der Waals surface area contributed by atoms with E-state index in [9.17, 15) is 13.2 Å². The minimum atomic E-state index is -4.37. The molecule has 0 unspecified atom stereocenters. The molecule has 0 bridgehead atoms. The van der Waals surface area contributed by atoms with Gasteiger partial charge in [0, 0.05) is 4.90 Å². The molecule has 78 valence electrons. The second kappa shape index (κ2) is 4.13. The van der Waals surface area contributed by atoms with Crippen LogP contribution in [0.2, 0.25) is 0 Å². The maximum atomic E-state index is 12.6. The second-order valence-electron chi connectivity index (χ2n) is 2.54. The summed E-state index contributed by atoms with van der Waals surface area (Å²) in [4.78, 5) is 0.178. The van der Waals surface area contributed by atoms with E-state index in [1.165, 1.54) is 19.2 Å². The molecular weight excluding hydrogens is 213 g/mol. The largest absolute Gasteiger partial charge is 0.496 e. The van der Waals surface area contributed by atoms with E-state index in [-0.39, 0.29) is 10.6 Å². The summed E-state index contributed by atoms with van der Waals surface area (Å²) in [6, 6.07) is 4.28. The highest BCUT2D eigenvalue weighted by atomic mass is 32.2. The Kier molecular flexibility index (Phi) is 3.31. The average Bonchev–Trinajstić information content (AvgIpc) is 2.15. The average molecular weight is 222 g/mol. The Balaban J connectivity index is 3.34. The number of hydrogen-bond donors (Lipinski definition) is 0. The fourth-order valence-electron chi connectivity index (χ4n) is 1.13. The Morgan fingerprint density at radius 1 is 1.29 bits per heavy atom. The molecule has 1 aromatic carbocycles. The fourth-order valence-corrected chi connectivity index (χ4v) is 1.77. The van der Waals surface area contributed by atoms with Crippen LogP contribution in [-0.2, 0) is 6.18 Å². The van der Waals surface area contributed by atoms with Crippen molar-refractivity contribution in [3.05, 3.63) is 23.8 Å². The van der Waals surface area contributed by atoms with Crippen molar-refractivity contribution in [1.29, 1.82) is 0 Å². The highest BCUT2D eigenvalue weighted by Gasteiger charge is 2.36. The van der Waals surface area contributed by atoms with Crippen molar-refractivity contribution in [3.8, 4) is 5.75 Å². The first-order chi connectivity index (χ1) is 6.50. The summed E-state index contributed by atoms with van der Waals surface area (Å²) >= 11 is 1.05. The van der Waals surface area contributed by atoms with Crippen LogP contribution in [0.5, 0.6) is 5.75 Å². The highest BCUT2D eigenvalue weighted by molar-refractivity contribution is 7.98. The molecule has 1 rings (SSSR count). The lowest BCUT2D eigenvalue weighted by Crippen LogP contribution is -2.09. The normalized spacial score (nSPS) is 11.5. The minimum Gasteiger partial charge on any atom is -0.496 e. The lowest BCUT2D eigenvalue weighted by atomic mass is 10.2. The number of methoxy groups -OCH3 is 1. The number of thioether (sulfide) groups is 1. The van der Waals surface area contributed by atoms with Gasteiger partial charge < -0.3 is 4.74 Å². The lowest BCUT2D eigenvalue weighted by molar-refractivity contribution is -0.140. The smallest absolute Gasteiger partial charge is 0.421 e. The van der Waals surface area contributed by atoms with Gasteiger partial charge >= 0.3 is 6.18 Å². The SMILES string of the molecule is COc1cccc(SC)c1C(F)(F)F. The summed E-state index contributed by atoms with van der Waals surface area (Å²) < 4.78 is 42.4.